The van der Waals surface area contributed by atoms with Crippen molar-refractivity contribution in [3.63, 3.8) is 0 Å². The smallest absolute Gasteiger partial charge is 0.0579 e. The Labute approximate surface area is 92.0 Å². The molecule has 2 fully saturated rings. The van der Waals surface area contributed by atoms with Crippen LogP contribution < -0.4 is 4.90 Å². The molecule has 3 rings (SSSR count). The Hall–Kier alpha value is -0.540. The second-order valence-corrected chi connectivity index (χ2v) is 5.24. The first kappa shape index (κ1) is 8.74. The summed E-state index contributed by atoms with van der Waals surface area (Å²) in [5.74, 6) is 0. The summed E-state index contributed by atoms with van der Waals surface area (Å²) in [7, 11) is 0. The van der Waals surface area contributed by atoms with Crippen molar-refractivity contribution in [3.05, 3.63) is 28.7 Å². The van der Waals surface area contributed by atoms with E-state index in [1.165, 1.54) is 5.69 Å². The predicted molar refractivity (Wildman–Crippen MR) is 59.6 cm³/mol. The molecule has 0 radical (unpaired) electrons. The van der Waals surface area contributed by atoms with Crippen LogP contribution in [0.25, 0.3) is 0 Å². The molecule has 2 aliphatic heterocycles. The van der Waals surface area contributed by atoms with Gasteiger partial charge in [0.15, 0.2) is 0 Å². The van der Waals surface area contributed by atoms with Gasteiger partial charge in [-0.3, -0.25) is 0 Å². The van der Waals surface area contributed by atoms with Crippen molar-refractivity contribution in [2.45, 2.75) is 0 Å². The fourth-order valence-electron chi connectivity index (χ4n) is 2.19. The van der Waals surface area contributed by atoms with Gasteiger partial charge in [0.25, 0.3) is 0 Å². The van der Waals surface area contributed by atoms with Crippen molar-refractivity contribution in [2.75, 3.05) is 31.2 Å². The summed E-state index contributed by atoms with van der Waals surface area (Å²) in [5.41, 5.74) is 1.82. The van der Waals surface area contributed by atoms with Gasteiger partial charge in [-0.1, -0.05) is 22.0 Å². The Kier molecular flexibility index (Phi) is 1.86. The summed E-state index contributed by atoms with van der Waals surface area (Å²) < 4.78 is 6.41. The normalized spacial score (nSPS) is 23.1. The third-order valence-corrected chi connectivity index (χ3v) is 3.54. The lowest BCUT2D eigenvalue weighted by Crippen LogP contribution is -2.66. The highest BCUT2D eigenvalue weighted by molar-refractivity contribution is 9.10. The zero-order valence-corrected chi connectivity index (χ0v) is 9.46. The second kappa shape index (κ2) is 2.97. The fourth-order valence-corrected chi connectivity index (χ4v) is 2.58. The molecule has 0 atom stereocenters. The lowest BCUT2D eigenvalue weighted by atomic mass is 9.78. The van der Waals surface area contributed by atoms with E-state index in [1.807, 2.05) is 0 Å². The lowest BCUT2D eigenvalue weighted by Gasteiger charge is -2.56. The van der Waals surface area contributed by atoms with Gasteiger partial charge in [0, 0.05) is 23.2 Å². The molecule has 2 aliphatic rings. The monoisotopic (exact) mass is 253 g/mol. The van der Waals surface area contributed by atoms with Gasteiger partial charge in [-0.15, -0.1) is 0 Å². The molecule has 0 amide bonds. The molecule has 74 valence electrons. The number of hydrogen-bond acceptors (Lipinski definition) is 2. The molecule has 0 N–H and O–H groups in total. The highest BCUT2D eigenvalue weighted by atomic mass is 79.9. The maximum absolute atomic E-state index is 5.25. The zero-order chi connectivity index (χ0) is 9.60. The maximum Gasteiger partial charge on any atom is 0.0579 e. The average Bonchev–Trinajstić information content (AvgIpc) is 1.98. The third kappa shape index (κ3) is 1.27. The van der Waals surface area contributed by atoms with Gasteiger partial charge in [-0.05, 0) is 18.2 Å². The molecule has 2 nitrogen and oxygen atoms in total. The van der Waals surface area contributed by atoms with Crippen molar-refractivity contribution in [1.29, 1.82) is 0 Å². The predicted octanol–water partition coefficient (Wildman–Crippen LogP) is 2.29. The Morgan fingerprint density at radius 2 is 2.07 bits per heavy atom. The van der Waals surface area contributed by atoms with Crippen LogP contribution in [0.1, 0.15) is 0 Å². The Bertz CT molecular complexity index is 354. The number of halogens is 1. The molecule has 0 unspecified atom stereocenters. The number of benzene rings is 1. The van der Waals surface area contributed by atoms with Gasteiger partial charge in [-0.25, -0.2) is 0 Å². The average molecular weight is 254 g/mol. The topological polar surface area (TPSA) is 12.5 Å². The van der Waals surface area contributed by atoms with Crippen LogP contribution in [0.2, 0.25) is 0 Å². The number of nitrogens with zero attached hydrogens (tertiary/aromatic N) is 1. The van der Waals surface area contributed by atoms with E-state index in [9.17, 15) is 0 Å². The zero-order valence-electron chi connectivity index (χ0n) is 7.87. The molecular weight excluding hydrogens is 242 g/mol. The third-order valence-electron chi connectivity index (χ3n) is 3.04. The summed E-state index contributed by atoms with van der Waals surface area (Å²) in [6, 6.07) is 8.48. The second-order valence-electron chi connectivity index (χ2n) is 4.33. The van der Waals surface area contributed by atoms with Crippen LogP contribution >= 0.6 is 15.9 Å². The fraction of sp³-hybridized carbons (Fsp3) is 0.455. The Morgan fingerprint density at radius 1 is 1.29 bits per heavy atom. The van der Waals surface area contributed by atoms with Crippen molar-refractivity contribution >= 4 is 21.6 Å². The minimum absolute atomic E-state index is 0.502. The van der Waals surface area contributed by atoms with Crippen LogP contribution in [0, 0.1) is 5.41 Å². The molecular formula is C11H12BrNO. The molecule has 1 aromatic rings. The van der Waals surface area contributed by atoms with E-state index in [-0.39, 0.29) is 0 Å². The van der Waals surface area contributed by atoms with Crippen LogP contribution in [-0.2, 0) is 4.74 Å². The highest BCUT2D eigenvalue weighted by Crippen LogP contribution is 2.40. The first-order valence-electron chi connectivity index (χ1n) is 4.86. The molecule has 2 saturated heterocycles. The van der Waals surface area contributed by atoms with Gasteiger partial charge >= 0.3 is 0 Å². The van der Waals surface area contributed by atoms with E-state index in [2.05, 4.69) is 45.1 Å². The lowest BCUT2D eigenvalue weighted by molar-refractivity contribution is -0.127. The summed E-state index contributed by atoms with van der Waals surface area (Å²) >= 11 is 3.49. The molecule has 1 spiro atoms. The molecule has 0 aromatic heterocycles. The Morgan fingerprint density at radius 3 is 2.64 bits per heavy atom. The van der Waals surface area contributed by atoms with E-state index >= 15 is 0 Å². The van der Waals surface area contributed by atoms with Crippen LogP contribution in [0.3, 0.4) is 0 Å². The largest absolute Gasteiger partial charge is 0.380 e. The maximum atomic E-state index is 5.25. The molecule has 1 aromatic carbocycles. The van der Waals surface area contributed by atoms with Crippen LogP contribution in [0.5, 0.6) is 0 Å². The van der Waals surface area contributed by atoms with Gasteiger partial charge in [0.2, 0.25) is 0 Å². The Balaban J connectivity index is 1.73. The summed E-state index contributed by atoms with van der Waals surface area (Å²) in [5, 5.41) is 0. The van der Waals surface area contributed by atoms with Crippen molar-refractivity contribution in [1.82, 2.24) is 0 Å². The number of ether oxygens (including phenoxy) is 1. The molecule has 0 aliphatic carbocycles. The summed E-state index contributed by atoms with van der Waals surface area (Å²) in [6.07, 6.45) is 0. The molecule has 0 bridgehead atoms. The van der Waals surface area contributed by atoms with E-state index in [4.69, 9.17) is 4.74 Å². The number of rotatable bonds is 1. The van der Waals surface area contributed by atoms with Gasteiger partial charge < -0.3 is 9.64 Å². The molecule has 2 heterocycles. The van der Waals surface area contributed by atoms with Crippen LogP contribution in [0.4, 0.5) is 5.69 Å². The first-order chi connectivity index (χ1) is 6.77. The molecule has 0 saturated carbocycles. The first-order valence-corrected chi connectivity index (χ1v) is 5.65. The van der Waals surface area contributed by atoms with Gasteiger partial charge in [0.1, 0.15) is 0 Å². The van der Waals surface area contributed by atoms with Crippen molar-refractivity contribution < 1.29 is 4.74 Å². The van der Waals surface area contributed by atoms with E-state index < -0.39 is 0 Å². The minimum Gasteiger partial charge on any atom is -0.380 e. The summed E-state index contributed by atoms with van der Waals surface area (Å²) in [6.45, 7) is 4.22. The number of hydrogen-bond donors (Lipinski definition) is 0. The van der Waals surface area contributed by atoms with Crippen molar-refractivity contribution in [2.24, 2.45) is 5.41 Å². The van der Waals surface area contributed by atoms with Crippen molar-refractivity contribution in [3.8, 4) is 0 Å². The van der Waals surface area contributed by atoms with Crippen LogP contribution in [0.15, 0.2) is 28.7 Å². The van der Waals surface area contributed by atoms with E-state index in [0.29, 0.717) is 5.41 Å². The highest BCUT2D eigenvalue weighted by Gasteiger charge is 2.48. The van der Waals surface area contributed by atoms with Crippen LogP contribution in [-0.4, -0.2) is 26.3 Å². The summed E-state index contributed by atoms with van der Waals surface area (Å²) in [4.78, 5) is 2.41. The number of anilines is 1. The quantitative estimate of drug-likeness (QED) is 0.762. The van der Waals surface area contributed by atoms with E-state index in [0.717, 1.165) is 30.8 Å². The minimum atomic E-state index is 0.502. The van der Waals surface area contributed by atoms with E-state index in [1.54, 1.807) is 0 Å². The van der Waals surface area contributed by atoms with Gasteiger partial charge in [0.05, 0.1) is 18.6 Å². The standard InChI is InChI=1S/C11H12BrNO/c12-9-2-1-3-10(4-9)13-5-11(6-13)7-14-8-11/h1-4H,5-8H2. The van der Waals surface area contributed by atoms with Gasteiger partial charge in [-0.2, -0.15) is 0 Å². The SMILES string of the molecule is Brc1cccc(N2CC3(COC3)C2)c1. The molecule has 3 heteroatoms. The molecule has 14 heavy (non-hydrogen) atoms.